The largest absolute Gasteiger partial charge is 0.394 e. The van der Waals surface area contributed by atoms with Gasteiger partial charge in [-0.1, -0.05) is 0 Å². The van der Waals surface area contributed by atoms with E-state index >= 15 is 0 Å². The first-order valence-corrected chi connectivity index (χ1v) is 3.08. The third-order valence-corrected chi connectivity index (χ3v) is 1.43. The number of aromatic nitrogens is 2. The van der Waals surface area contributed by atoms with Gasteiger partial charge in [-0.15, -0.1) is 0 Å². The van der Waals surface area contributed by atoms with Crippen LogP contribution in [-0.2, 0) is 7.05 Å². The van der Waals surface area contributed by atoms with E-state index in [4.69, 9.17) is 10.8 Å². The third kappa shape index (κ3) is 1.17. The van der Waals surface area contributed by atoms with E-state index in [1.807, 2.05) is 7.05 Å². The molecular formula is C6H11N3O. The van der Waals surface area contributed by atoms with Gasteiger partial charge in [0, 0.05) is 13.2 Å². The number of hydrogen-bond donors (Lipinski definition) is 2. The maximum Gasteiger partial charge on any atom is 0.0946 e. The van der Waals surface area contributed by atoms with Gasteiger partial charge in [0.15, 0.2) is 0 Å². The molecule has 1 aromatic rings. The zero-order valence-electron chi connectivity index (χ0n) is 5.86. The van der Waals surface area contributed by atoms with E-state index in [2.05, 4.69) is 4.98 Å². The molecule has 0 amide bonds. The average Bonchev–Trinajstić information content (AvgIpc) is 2.34. The fraction of sp³-hybridized carbons (Fsp3) is 0.500. The highest BCUT2D eigenvalue weighted by atomic mass is 16.3. The van der Waals surface area contributed by atoms with Crippen molar-refractivity contribution >= 4 is 0 Å². The number of aryl methyl sites for hydroxylation is 1. The number of hydrogen-bond acceptors (Lipinski definition) is 3. The van der Waals surface area contributed by atoms with Crippen molar-refractivity contribution in [1.29, 1.82) is 0 Å². The van der Waals surface area contributed by atoms with Gasteiger partial charge in [-0.05, 0) is 0 Å². The SMILES string of the molecule is Cn1cncc1[C@@H](N)CO. The van der Waals surface area contributed by atoms with Crippen molar-refractivity contribution in [2.24, 2.45) is 12.8 Å². The highest BCUT2D eigenvalue weighted by Gasteiger charge is 2.06. The molecule has 0 saturated heterocycles. The predicted molar refractivity (Wildman–Crippen MR) is 37.2 cm³/mol. The number of rotatable bonds is 2. The minimum absolute atomic E-state index is 0.0421. The van der Waals surface area contributed by atoms with Gasteiger partial charge in [-0.2, -0.15) is 0 Å². The van der Waals surface area contributed by atoms with E-state index in [-0.39, 0.29) is 12.6 Å². The van der Waals surface area contributed by atoms with Gasteiger partial charge in [0.25, 0.3) is 0 Å². The molecule has 0 aliphatic rings. The van der Waals surface area contributed by atoms with Gasteiger partial charge in [0.1, 0.15) is 0 Å². The van der Waals surface area contributed by atoms with Crippen molar-refractivity contribution in [3.05, 3.63) is 18.2 Å². The van der Waals surface area contributed by atoms with Crippen molar-refractivity contribution in [2.45, 2.75) is 6.04 Å². The molecule has 0 radical (unpaired) electrons. The van der Waals surface area contributed by atoms with Crippen LogP contribution in [0.2, 0.25) is 0 Å². The van der Waals surface area contributed by atoms with Crippen molar-refractivity contribution in [1.82, 2.24) is 9.55 Å². The van der Waals surface area contributed by atoms with Crippen molar-refractivity contribution in [3.63, 3.8) is 0 Å². The van der Waals surface area contributed by atoms with E-state index < -0.39 is 0 Å². The maximum absolute atomic E-state index is 8.66. The summed E-state index contributed by atoms with van der Waals surface area (Å²) in [5, 5.41) is 8.66. The van der Waals surface area contributed by atoms with Crippen LogP contribution in [-0.4, -0.2) is 21.3 Å². The zero-order valence-corrected chi connectivity index (χ0v) is 5.86. The monoisotopic (exact) mass is 141 g/mol. The smallest absolute Gasteiger partial charge is 0.0946 e. The van der Waals surface area contributed by atoms with Gasteiger partial charge in [0.2, 0.25) is 0 Å². The molecule has 10 heavy (non-hydrogen) atoms. The summed E-state index contributed by atoms with van der Waals surface area (Å²) in [7, 11) is 1.85. The molecule has 56 valence electrons. The van der Waals surface area contributed by atoms with Crippen LogP contribution in [0, 0.1) is 0 Å². The molecule has 0 bridgehead atoms. The Morgan fingerprint density at radius 2 is 2.60 bits per heavy atom. The highest BCUT2D eigenvalue weighted by Crippen LogP contribution is 2.05. The zero-order chi connectivity index (χ0) is 7.56. The quantitative estimate of drug-likeness (QED) is 0.578. The maximum atomic E-state index is 8.66. The first kappa shape index (κ1) is 7.24. The minimum Gasteiger partial charge on any atom is -0.394 e. The van der Waals surface area contributed by atoms with Gasteiger partial charge >= 0.3 is 0 Å². The van der Waals surface area contributed by atoms with Gasteiger partial charge in [-0.3, -0.25) is 0 Å². The summed E-state index contributed by atoms with van der Waals surface area (Å²) < 4.78 is 1.79. The van der Waals surface area contributed by atoms with E-state index in [0.29, 0.717) is 0 Å². The topological polar surface area (TPSA) is 64.1 Å². The third-order valence-electron chi connectivity index (χ3n) is 1.43. The molecule has 0 fully saturated rings. The molecule has 1 heterocycles. The van der Waals surface area contributed by atoms with Crippen molar-refractivity contribution < 1.29 is 5.11 Å². The summed E-state index contributed by atoms with van der Waals surface area (Å²) >= 11 is 0. The average molecular weight is 141 g/mol. The van der Waals surface area contributed by atoms with Crippen molar-refractivity contribution in [2.75, 3.05) is 6.61 Å². The summed E-state index contributed by atoms with van der Waals surface area (Å²) in [6.07, 6.45) is 3.31. The van der Waals surface area contributed by atoms with E-state index in [9.17, 15) is 0 Å². The molecule has 0 unspecified atom stereocenters. The second-order valence-corrected chi connectivity index (χ2v) is 2.22. The lowest BCUT2D eigenvalue weighted by molar-refractivity contribution is 0.264. The molecule has 0 aliphatic carbocycles. The number of nitrogens with two attached hydrogens (primary N) is 1. The first-order chi connectivity index (χ1) is 4.75. The minimum atomic E-state index is -0.313. The molecule has 1 aromatic heterocycles. The normalized spacial score (nSPS) is 13.5. The Morgan fingerprint density at radius 3 is 3.00 bits per heavy atom. The van der Waals surface area contributed by atoms with Crippen LogP contribution >= 0.6 is 0 Å². The molecule has 0 saturated carbocycles. The van der Waals surface area contributed by atoms with Crippen LogP contribution in [0.1, 0.15) is 11.7 Å². The summed E-state index contributed by atoms with van der Waals surface area (Å²) in [4.78, 5) is 3.86. The first-order valence-electron chi connectivity index (χ1n) is 3.08. The Morgan fingerprint density at radius 1 is 1.90 bits per heavy atom. The fourth-order valence-corrected chi connectivity index (χ4v) is 0.818. The lowest BCUT2D eigenvalue weighted by atomic mass is 10.2. The number of aliphatic hydroxyl groups is 1. The lowest BCUT2D eigenvalue weighted by Crippen LogP contribution is -2.17. The predicted octanol–water partition coefficient (Wildman–Crippen LogP) is -0.588. The fourth-order valence-electron chi connectivity index (χ4n) is 0.818. The molecule has 0 aromatic carbocycles. The second-order valence-electron chi connectivity index (χ2n) is 2.22. The highest BCUT2D eigenvalue weighted by molar-refractivity contribution is 5.03. The lowest BCUT2D eigenvalue weighted by Gasteiger charge is -2.07. The van der Waals surface area contributed by atoms with E-state index in [1.54, 1.807) is 17.1 Å². The van der Waals surface area contributed by atoms with Gasteiger partial charge in [-0.25, -0.2) is 4.98 Å². The molecule has 3 N–H and O–H groups in total. The molecule has 0 spiro atoms. The Hall–Kier alpha value is -0.870. The molecule has 4 heteroatoms. The Bertz CT molecular complexity index is 209. The van der Waals surface area contributed by atoms with Gasteiger partial charge in [0.05, 0.1) is 24.7 Å². The summed E-state index contributed by atoms with van der Waals surface area (Å²) in [5.41, 5.74) is 6.38. The molecular weight excluding hydrogens is 130 g/mol. The molecule has 4 nitrogen and oxygen atoms in total. The van der Waals surface area contributed by atoms with Crippen LogP contribution < -0.4 is 5.73 Å². The number of imidazole rings is 1. The van der Waals surface area contributed by atoms with E-state index in [1.165, 1.54) is 0 Å². The van der Waals surface area contributed by atoms with Crippen LogP contribution in [0.5, 0.6) is 0 Å². The van der Waals surface area contributed by atoms with Crippen LogP contribution in [0.3, 0.4) is 0 Å². The summed E-state index contributed by atoms with van der Waals surface area (Å²) in [6.45, 7) is -0.0421. The van der Waals surface area contributed by atoms with Gasteiger partial charge < -0.3 is 15.4 Å². The van der Waals surface area contributed by atoms with E-state index in [0.717, 1.165) is 5.69 Å². The molecule has 1 rings (SSSR count). The Kier molecular flexibility index (Phi) is 2.03. The Labute approximate surface area is 59.3 Å². The molecule has 1 atom stereocenters. The van der Waals surface area contributed by atoms with Crippen LogP contribution in [0.25, 0.3) is 0 Å². The Balaban J connectivity index is 2.82. The second kappa shape index (κ2) is 2.81. The van der Waals surface area contributed by atoms with Crippen LogP contribution in [0.15, 0.2) is 12.5 Å². The molecule has 0 aliphatic heterocycles. The standard InChI is InChI=1S/C6H11N3O/c1-9-4-8-2-6(9)5(7)3-10/h2,4-5,10H,3,7H2,1H3/t5-/m0/s1. The number of aliphatic hydroxyl groups excluding tert-OH is 1. The van der Waals surface area contributed by atoms with Crippen molar-refractivity contribution in [3.8, 4) is 0 Å². The summed E-state index contributed by atoms with van der Waals surface area (Å²) in [5.74, 6) is 0. The number of nitrogens with zero attached hydrogens (tertiary/aromatic N) is 2. The van der Waals surface area contributed by atoms with Crippen LogP contribution in [0.4, 0.5) is 0 Å². The summed E-state index contributed by atoms with van der Waals surface area (Å²) in [6, 6.07) is -0.313.